The lowest BCUT2D eigenvalue weighted by atomic mass is 10.2. The summed E-state index contributed by atoms with van der Waals surface area (Å²) in [6.45, 7) is 5.77. The quantitative estimate of drug-likeness (QED) is 0.839. The molecule has 0 atom stereocenters. The summed E-state index contributed by atoms with van der Waals surface area (Å²) in [4.78, 5) is 1.16. The van der Waals surface area contributed by atoms with Gasteiger partial charge in [0.2, 0.25) is 0 Å². The molecule has 2 aromatic rings. The number of hydrogen-bond acceptors (Lipinski definition) is 4. The van der Waals surface area contributed by atoms with Crippen LogP contribution in [0.1, 0.15) is 18.7 Å². The molecule has 3 N–H and O–H groups in total. The highest BCUT2D eigenvalue weighted by Crippen LogP contribution is 2.22. The lowest BCUT2D eigenvalue weighted by Gasteiger charge is -2.11. The molecule has 0 aliphatic heterocycles. The molecule has 3 nitrogen and oxygen atoms in total. The third-order valence-corrected chi connectivity index (χ3v) is 3.59. The molecule has 0 amide bonds. The van der Waals surface area contributed by atoms with Gasteiger partial charge >= 0.3 is 0 Å². The van der Waals surface area contributed by atoms with Crippen LogP contribution in [0.15, 0.2) is 35.7 Å². The molecule has 0 saturated heterocycles. The fraction of sp³-hybridized carbons (Fsp3) is 0.333. The van der Waals surface area contributed by atoms with Gasteiger partial charge in [-0.15, -0.1) is 11.3 Å². The number of nitrogen functional groups attached to an aromatic ring is 1. The van der Waals surface area contributed by atoms with Crippen LogP contribution in [0.25, 0.3) is 0 Å². The van der Waals surface area contributed by atoms with E-state index in [1.165, 1.54) is 0 Å². The van der Waals surface area contributed by atoms with Crippen molar-refractivity contribution in [2.75, 3.05) is 17.7 Å². The highest BCUT2D eigenvalue weighted by atomic mass is 32.1. The first-order valence-corrected chi connectivity index (χ1v) is 7.31. The minimum absolute atomic E-state index is 0.530. The Balaban J connectivity index is 1.93. The van der Waals surface area contributed by atoms with Gasteiger partial charge in [0.1, 0.15) is 5.75 Å². The van der Waals surface area contributed by atoms with Gasteiger partial charge in [-0.2, -0.15) is 0 Å². The molecule has 19 heavy (non-hydrogen) atoms. The molecule has 0 aliphatic rings. The second kappa shape index (κ2) is 6.48. The molecule has 0 unspecified atom stereocenters. The summed E-state index contributed by atoms with van der Waals surface area (Å²) in [6.07, 6.45) is 0. The zero-order chi connectivity index (χ0) is 13.7. The van der Waals surface area contributed by atoms with Crippen molar-refractivity contribution in [2.24, 2.45) is 5.92 Å². The first kappa shape index (κ1) is 13.7. The number of rotatable bonds is 6. The molecule has 0 aliphatic carbocycles. The van der Waals surface area contributed by atoms with Crippen molar-refractivity contribution >= 4 is 22.7 Å². The topological polar surface area (TPSA) is 47.3 Å². The molecule has 102 valence electrons. The molecular weight excluding hydrogens is 256 g/mol. The van der Waals surface area contributed by atoms with E-state index in [1.807, 2.05) is 35.7 Å². The predicted octanol–water partition coefficient (Wildman–Crippen LogP) is 3.98. The van der Waals surface area contributed by atoms with Gasteiger partial charge in [-0.05, 0) is 29.5 Å². The Morgan fingerprint density at radius 1 is 1.32 bits per heavy atom. The predicted molar refractivity (Wildman–Crippen MR) is 82.8 cm³/mol. The van der Waals surface area contributed by atoms with Gasteiger partial charge in [0.05, 0.1) is 13.2 Å². The van der Waals surface area contributed by atoms with Crippen LogP contribution in [0, 0.1) is 5.92 Å². The number of anilines is 2. The molecule has 0 saturated carbocycles. The monoisotopic (exact) mass is 276 g/mol. The third kappa shape index (κ3) is 4.17. The first-order valence-electron chi connectivity index (χ1n) is 6.43. The average Bonchev–Trinajstić information content (AvgIpc) is 2.80. The summed E-state index contributed by atoms with van der Waals surface area (Å²) in [5.74, 6) is 1.43. The number of hydrogen-bond donors (Lipinski definition) is 2. The first-order chi connectivity index (χ1) is 9.15. The minimum Gasteiger partial charge on any atom is -0.493 e. The van der Waals surface area contributed by atoms with E-state index in [0.717, 1.165) is 35.2 Å². The highest BCUT2D eigenvalue weighted by molar-refractivity contribution is 7.10. The summed E-state index contributed by atoms with van der Waals surface area (Å²) >= 11 is 1.67. The van der Waals surface area contributed by atoms with Crippen molar-refractivity contribution in [1.29, 1.82) is 0 Å². The van der Waals surface area contributed by atoms with Crippen molar-refractivity contribution in [2.45, 2.75) is 20.4 Å². The average molecular weight is 276 g/mol. The fourth-order valence-electron chi connectivity index (χ4n) is 1.64. The van der Waals surface area contributed by atoms with Crippen molar-refractivity contribution in [3.63, 3.8) is 0 Å². The van der Waals surface area contributed by atoms with E-state index in [2.05, 4.69) is 19.2 Å². The van der Waals surface area contributed by atoms with E-state index >= 15 is 0 Å². The Hall–Kier alpha value is -1.68. The summed E-state index contributed by atoms with van der Waals surface area (Å²) < 4.78 is 5.71. The lowest BCUT2D eigenvalue weighted by Crippen LogP contribution is -2.05. The van der Waals surface area contributed by atoms with Crippen molar-refractivity contribution < 1.29 is 4.74 Å². The Morgan fingerprint density at radius 3 is 2.84 bits per heavy atom. The number of ether oxygens (including phenoxy) is 1. The lowest BCUT2D eigenvalue weighted by molar-refractivity contribution is 0.271. The molecule has 0 bridgehead atoms. The van der Waals surface area contributed by atoms with Gasteiger partial charge in [0.25, 0.3) is 0 Å². The van der Waals surface area contributed by atoms with Crippen LogP contribution in [0.3, 0.4) is 0 Å². The SMILES string of the molecule is CC(C)COc1cccc(NCc2sccc2N)c1. The van der Waals surface area contributed by atoms with E-state index in [-0.39, 0.29) is 0 Å². The number of nitrogens with two attached hydrogens (primary N) is 1. The largest absolute Gasteiger partial charge is 0.493 e. The Morgan fingerprint density at radius 2 is 2.16 bits per heavy atom. The van der Waals surface area contributed by atoms with Crippen molar-refractivity contribution in [3.8, 4) is 5.75 Å². The fourth-order valence-corrected chi connectivity index (χ4v) is 2.37. The van der Waals surface area contributed by atoms with Gasteiger partial charge in [-0.25, -0.2) is 0 Å². The molecule has 0 radical (unpaired) electrons. The molecule has 1 heterocycles. The van der Waals surface area contributed by atoms with Gasteiger partial charge in [0.15, 0.2) is 0 Å². The second-order valence-corrected chi connectivity index (χ2v) is 5.89. The molecule has 2 rings (SSSR count). The maximum absolute atomic E-state index is 5.86. The highest BCUT2D eigenvalue weighted by Gasteiger charge is 2.02. The van der Waals surface area contributed by atoms with Gasteiger partial charge in [0, 0.05) is 22.3 Å². The molecular formula is C15H20N2OS. The summed E-state index contributed by atoms with van der Waals surface area (Å²) in [5, 5.41) is 5.37. The van der Waals surface area contributed by atoms with Crippen molar-refractivity contribution in [3.05, 3.63) is 40.6 Å². The maximum Gasteiger partial charge on any atom is 0.121 e. The number of thiophene rings is 1. The van der Waals surface area contributed by atoms with Gasteiger partial charge in [-0.3, -0.25) is 0 Å². The smallest absolute Gasteiger partial charge is 0.121 e. The Kier molecular flexibility index (Phi) is 4.68. The van der Waals surface area contributed by atoms with Crippen LogP contribution in [-0.4, -0.2) is 6.61 Å². The molecule has 0 spiro atoms. The Labute approximate surface area is 118 Å². The zero-order valence-corrected chi connectivity index (χ0v) is 12.2. The van der Waals surface area contributed by atoms with Gasteiger partial charge < -0.3 is 15.8 Å². The molecule has 4 heteroatoms. The minimum atomic E-state index is 0.530. The van der Waals surface area contributed by atoms with Crippen LogP contribution in [0.4, 0.5) is 11.4 Å². The van der Waals surface area contributed by atoms with E-state index < -0.39 is 0 Å². The Bertz CT molecular complexity index is 522. The van der Waals surface area contributed by atoms with E-state index in [4.69, 9.17) is 10.5 Å². The third-order valence-electron chi connectivity index (χ3n) is 2.65. The van der Waals surface area contributed by atoms with E-state index in [0.29, 0.717) is 5.92 Å². The van der Waals surface area contributed by atoms with Crippen LogP contribution in [0.5, 0.6) is 5.75 Å². The molecule has 1 aromatic heterocycles. The van der Waals surface area contributed by atoms with E-state index in [9.17, 15) is 0 Å². The van der Waals surface area contributed by atoms with Crippen LogP contribution in [0.2, 0.25) is 0 Å². The summed E-state index contributed by atoms with van der Waals surface area (Å²) in [6, 6.07) is 9.96. The normalized spacial score (nSPS) is 10.7. The number of benzene rings is 1. The second-order valence-electron chi connectivity index (χ2n) is 4.89. The standard InChI is InChI=1S/C15H20N2OS/c1-11(2)10-18-13-5-3-4-12(8-13)17-9-15-14(16)6-7-19-15/h3-8,11,17H,9-10,16H2,1-2H3. The summed E-state index contributed by atoms with van der Waals surface area (Å²) in [7, 11) is 0. The molecule has 1 aromatic carbocycles. The van der Waals surface area contributed by atoms with Crippen molar-refractivity contribution in [1.82, 2.24) is 0 Å². The van der Waals surface area contributed by atoms with Crippen LogP contribution in [-0.2, 0) is 6.54 Å². The van der Waals surface area contributed by atoms with E-state index in [1.54, 1.807) is 11.3 Å². The number of nitrogens with one attached hydrogen (secondary N) is 1. The van der Waals surface area contributed by atoms with Crippen LogP contribution >= 0.6 is 11.3 Å². The van der Waals surface area contributed by atoms with Gasteiger partial charge in [-0.1, -0.05) is 19.9 Å². The van der Waals surface area contributed by atoms with Crippen LogP contribution < -0.4 is 15.8 Å². The molecule has 0 fully saturated rings. The maximum atomic E-state index is 5.86. The zero-order valence-electron chi connectivity index (χ0n) is 11.3. The summed E-state index contributed by atoms with van der Waals surface area (Å²) in [5.41, 5.74) is 7.76.